The van der Waals surface area contributed by atoms with E-state index in [9.17, 15) is 24.3 Å². The first-order chi connectivity index (χ1) is 10.5. The Balaban J connectivity index is 1.88. The van der Waals surface area contributed by atoms with Crippen LogP contribution in [-0.2, 0) is 14.4 Å². The van der Waals surface area contributed by atoms with Gasteiger partial charge in [-0.3, -0.25) is 19.3 Å². The van der Waals surface area contributed by atoms with Crippen molar-refractivity contribution >= 4 is 23.8 Å². The average molecular weight is 310 g/mol. The molecule has 0 aromatic heterocycles. The van der Waals surface area contributed by atoms with Crippen LogP contribution in [0.3, 0.4) is 0 Å². The molecule has 2 aliphatic rings. The summed E-state index contributed by atoms with van der Waals surface area (Å²) in [5.41, 5.74) is 0. The summed E-state index contributed by atoms with van der Waals surface area (Å²) in [7, 11) is 0. The van der Waals surface area contributed by atoms with E-state index in [0.29, 0.717) is 18.0 Å². The summed E-state index contributed by atoms with van der Waals surface area (Å²) in [5.74, 6) is -2.67. The van der Waals surface area contributed by atoms with Gasteiger partial charge in [0.15, 0.2) is 0 Å². The third-order valence-corrected chi connectivity index (χ3v) is 3.61. The number of imide groups is 2. The first-order valence-electron chi connectivity index (χ1n) is 6.89. The number of urea groups is 1. The van der Waals surface area contributed by atoms with Crippen LogP contribution in [-0.4, -0.2) is 77.5 Å². The number of amides is 5. The standard InChI is InChI=1S/C13H18N4O5/c1-2-3-16-11(20)12(21)17(13(16)22)7-10(19)15-5-8-4-14-6-9(8)18/h2,8-9,14,18H,1,3-7H2,(H,15,19). The summed E-state index contributed by atoms with van der Waals surface area (Å²) < 4.78 is 0. The van der Waals surface area contributed by atoms with Crippen molar-refractivity contribution in [1.82, 2.24) is 20.4 Å². The third-order valence-electron chi connectivity index (χ3n) is 3.61. The minimum atomic E-state index is -1.02. The van der Waals surface area contributed by atoms with Gasteiger partial charge in [0.2, 0.25) is 5.91 Å². The Morgan fingerprint density at radius 3 is 2.59 bits per heavy atom. The Bertz CT molecular complexity index is 521. The number of hydrogen-bond donors (Lipinski definition) is 3. The molecule has 120 valence electrons. The van der Waals surface area contributed by atoms with E-state index in [0.717, 1.165) is 4.90 Å². The fourth-order valence-electron chi connectivity index (χ4n) is 2.35. The molecule has 0 aromatic rings. The Hall–Kier alpha value is -2.26. The minimum Gasteiger partial charge on any atom is -0.391 e. The quantitative estimate of drug-likeness (QED) is 0.287. The number of aliphatic hydroxyl groups excluding tert-OH is 1. The van der Waals surface area contributed by atoms with Gasteiger partial charge in [0.1, 0.15) is 6.54 Å². The second-order valence-electron chi connectivity index (χ2n) is 5.17. The highest BCUT2D eigenvalue weighted by molar-refractivity contribution is 6.45. The van der Waals surface area contributed by atoms with Gasteiger partial charge in [-0.1, -0.05) is 6.08 Å². The monoisotopic (exact) mass is 310 g/mol. The highest BCUT2D eigenvalue weighted by atomic mass is 16.3. The maximum absolute atomic E-state index is 11.9. The van der Waals surface area contributed by atoms with Crippen LogP contribution in [0.5, 0.6) is 0 Å². The van der Waals surface area contributed by atoms with Crippen LogP contribution in [0, 0.1) is 5.92 Å². The first kappa shape index (κ1) is 16.1. The second-order valence-corrected chi connectivity index (χ2v) is 5.17. The molecule has 0 aromatic carbocycles. The van der Waals surface area contributed by atoms with E-state index in [1.54, 1.807) is 0 Å². The molecule has 0 saturated carbocycles. The molecule has 0 aliphatic carbocycles. The fourth-order valence-corrected chi connectivity index (χ4v) is 2.35. The van der Waals surface area contributed by atoms with Crippen molar-refractivity contribution in [2.24, 2.45) is 5.92 Å². The number of hydrogen-bond acceptors (Lipinski definition) is 6. The zero-order valence-electron chi connectivity index (χ0n) is 11.9. The number of rotatable bonds is 6. The van der Waals surface area contributed by atoms with E-state index < -0.39 is 36.4 Å². The zero-order valence-corrected chi connectivity index (χ0v) is 11.9. The van der Waals surface area contributed by atoms with E-state index >= 15 is 0 Å². The molecule has 2 rings (SSSR count). The smallest absolute Gasteiger partial charge is 0.335 e. The van der Waals surface area contributed by atoms with Crippen LogP contribution in [0.1, 0.15) is 0 Å². The minimum absolute atomic E-state index is 0.0819. The summed E-state index contributed by atoms with van der Waals surface area (Å²) in [6.45, 7) is 4.07. The molecule has 2 fully saturated rings. The van der Waals surface area contributed by atoms with Crippen LogP contribution in [0.15, 0.2) is 12.7 Å². The van der Waals surface area contributed by atoms with Crippen molar-refractivity contribution in [2.75, 3.05) is 32.7 Å². The summed E-state index contributed by atoms with van der Waals surface area (Å²) in [6.07, 6.45) is 0.779. The third kappa shape index (κ3) is 3.15. The van der Waals surface area contributed by atoms with E-state index in [-0.39, 0.29) is 19.0 Å². The molecular weight excluding hydrogens is 292 g/mol. The highest BCUT2D eigenvalue weighted by Crippen LogP contribution is 2.11. The Morgan fingerprint density at radius 2 is 2.00 bits per heavy atom. The van der Waals surface area contributed by atoms with Crippen molar-refractivity contribution in [2.45, 2.75) is 6.10 Å². The molecule has 2 heterocycles. The number of aliphatic hydroxyl groups is 1. The van der Waals surface area contributed by atoms with Crippen molar-refractivity contribution in [3.63, 3.8) is 0 Å². The molecule has 0 bridgehead atoms. The molecule has 9 nitrogen and oxygen atoms in total. The molecule has 22 heavy (non-hydrogen) atoms. The summed E-state index contributed by atoms with van der Waals surface area (Å²) in [6, 6.07) is -0.826. The van der Waals surface area contributed by atoms with Gasteiger partial charge in [-0.2, -0.15) is 0 Å². The summed E-state index contributed by atoms with van der Waals surface area (Å²) in [5, 5.41) is 15.1. The molecule has 2 aliphatic heterocycles. The van der Waals surface area contributed by atoms with Crippen LogP contribution in [0.2, 0.25) is 0 Å². The van der Waals surface area contributed by atoms with Crippen molar-refractivity contribution in [3.05, 3.63) is 12.7 Å². The number of nitrogens with one attached hydrogen (secondary N) is 2. The molecular formula is C13H18N4O5. The summed E-state index contributed by atoms with van der Waals surface area (Å²) >= 11 is 0. The van der Waals surface area contributed by atoms with Gasteiger partial charge in [-0.25, -0.2) is 9.69 Å². The lowest BCUT2D eigenvalue weighted by Crippen LogP contribution is -2.43. The normalized spacial score (nSPS) is 25.0. The number of nitrogens with zero attached hydrogens (tertiary/aromatic N) is 2. The number of carbonyl (C=O) groups excluding carboxylic acids is 4. The molecule has 2 saturated heterocycles. The van der Waals surface area contributed by atoms with Gasteiger partial charge in [0.25, 0.3) is 0 Å². The predicted octanol–water partition coefficient (Wildman–Crippen LogP) is -2.34. The maximum Gasteiger partial charge on any atom is 0.335 e. The Morgan fingerprint density at radius 1 is 1.32 bits per heavy atom. The largest absolute Gasteiger partial charge is 0.391 e. The zero-order chi connectivity index (χ0) is 16.3. The topological polar surface area (TPSA) is 119 Å². The van der Waals surface area contributed by atoms with Crippen molar-refractivity contribution in [1.29, 1.82) is 0 Å². The number of carbonyl (C=O) groups is 4. The van der Waals surface area contributed by atoms with E-state index in [1.807, 2.05) is 0 Å². The SMILES string of the molecule is C=CCN1C(=O)C(=O)N(CC(=O)NCC2CNCC2O)C1=O. The molecule has 0 spiro atoms. The van der Waals surface area contributed by atoms with Gasteiger partial charge < -0.3 is 15.7 Å². The Kier molecular flexibility index (Phi) is 4.88. The lowest BCUT2D eigenvalue weighted by molar-refractivity contribution is -0.143. The fraction of sp³-hybridized carbons (Fsp3) is 0.538. The predicted molar refractivity (Wildman–Crippen MR) is 74.4 cm³/mol. The van der Waals surface area contributed by atoms with Crippen LogP contribution >= 0.6 is 0 Å². The van der Waals surface area contributed by atoms with E-state index in [1.165, 1.54) is 6.08 Å². The molecule has 0 radical (unpaired) electrons. The van der Waals surface area contributed by atoms with Crippen LogP contribution < -0.4 is 10.6 Å². The van der Waals surface area contributed by atoms with E-state index in [4.69, 9.17) is 0 Å². The van der Waals surface area contributed by atoms with Crippen molar-refractivity contribution < 1.29 is 24.3 Å². The van der Waals surface area contributed by atoms with Gasteiger partial charge in [0.05, 0.1) is 6.10 Å². The molecule has 5 amide bonds. The molecule has 3 N–H and O–H groups in total. The molecule has 2 atom stereocenters. The Labute approximate surface area is 126 Å². The van der Waals surface area contributed by atoms with Gasteiger partial charge in [-0.15, -0.1) is 6.58 Å². The lowest BCUT2D eigenvalue weighted by Gasteiger charge is -2.16. The van der Waals surface area contributed by atoms with Crippen LogP contribution in [0.25, 0.3) is 0 Å². The second kappa shape index (κ2) is 6.67. The lowest BCUT2D eigenvalue weighted by atomic mass is 10.1. The van der Waals surface area contributed by atoms with Crippen molar-refractivity contribution in [3.8, 4) is 0 Å². The first-order valence-corrected chi connectivity index (χ1v) is 6.89. The van der Waals surface area contributed by atoms with Gasteiger partial charge in [-0.05, 0) is 0 Å². The maximum atomic E-state index is 11.9. The average Bonchev–Trinajstić information content (AvgIpc) is 2.98. The van der Waals surface area contributed by atoms with E-state index in [2.05, 4.69) is 17.2 Å². The van der Waals surface area contributed by atoms with Crippen LogP contribution in [0.4, 0.5) is 4.79 Å². The highest BCUT2D eigenvalue weighted by Gasteiger charge is 2.44. The van der Waals surface area contributed by atoms with Gasteiger partial charge in [0, 0.05) is 32.1 Å². The summed E-state index contributed by atoms with van der Waals surface area (Å²) in [4.78, 5) is 48.3. The molecule has 9 heteroatoms. The van der Waals surface area contributed by atoms with Gasteiger partial charge >= 0.3 is 17.8 Å². The number of β-amino-alcohol motifs (C(OH)–C–C–N with tert-alkyl or cyclic N) is 1. The molecule has 2 unspecified atom stereocenters.